The molecule has 0 saturated carbocycles. The third-order valence-corrected chi connectivity index (χ3v) is 16.8. The van der Waals surface area contributed by atoms with Crippen molar-refractivity contribution in [3.05, 3.63) is 182 Å². The molecule has 0 bridgehead atoms. The van der Waals surface area contributed by atoms with Crippen molar-refractivity contribution in [3.63, 3.8) is 0 Å². The maximum absolute atomic E-state index is 13.1. The van der Waals surface area contributed by atoms with Gasteiger partial charge in [0.1, 0.15) is 19.3 Å². The molecule has 576 valence electrons. The quantitative estimate of drug-likeness (QED) is 0.0169. The predicted molar refractivity (Wildman–Crippen MR) is 417 cm³/mol. The normalized spacial score (nSPS) is 14.9. The molecule has 3 N–H and O–H groups in total. The van der Waals surface area contributed by atoms with E-state index in [1.165, 1.54) is 0 Å². The van der Waals surface area contributed by atoms with Crippen molar-refractivity contribution in [3.8, 4) is 0 Å². The fourth-order valence-corrected chi connectivity index (χ4v) is 10.8. The number of phosphoric ester groups is 2. The number of phosphoric acid groups is 2. The van der Waals surface area contributed by atoms with Crippen LogP contribution < -0.4 is 0 Å². The summed E-state index contributed by atoms with van der Waals surface area (Å²) in [7, 11) is -10.0. The summed E-state index contributed by atoms with van der Waals surface area (Å²) in [4.78, 5) is 72.8. The molecule has 0 aliphatic rings. The maximum Gasteiger partial charge on any atom is 0.472 e. The first-order valence-electron chi connectivity index (χ1n) is 38.0. The molecular formula is C83H132O17P2. The number of ether oxygens (including phenoxy) is 4. The minimum atomic E-state index is -5.02. The molecule has 5 unspecified atom stereocenters. The van der Waals surface area contributed by atoms with E-state index >= 15 is 0 Å². The van der Waals surface area contributed by atoms with Gasteiger partial charge < -0.3 is 33.8 Å². The SMILES string of the molecule is CC/C=C\C/C=C\C/C=C\C/C=C\C/C=C\CC(=O)OC(COC(=O)CCCCCCCC/C=C\C/C=C\C/C=C\C/C=C\CC)COP(=O)(O)OCC(O)COP(=O)(O)OCC(COC(=O)CCCC/C=C\C/C=C\C/C=C\C/C=C\CC)OC(=O)CCCCCCC/C=C\C/C=C\CCC. The summed E-state index contributed by atoms with van der Waals surface area (Å²) in [6, 6.07) is 0. The lowest BCUT2D eigenvalue weighted by Crippen LogP contribution is -2.30. The summed E-state index contributed by atoms with van der Waals surface area (Å²) in [6.07, 6.45) is 87.8. The van der Waals surface area contributed by atoms with Crippen LogP contribution in [-0.4, -0.2) is 96.7 Å². The molecule has 0 spiro atoms. The molecule has 17 nitrogen and oxygen atoms in total. The van der Waals surface area contributed by atoms with E-state index in [-0.39, 0.29) is 25.7 Å². The molecule has 0 amide bonds. The Morgan fingerprint density at radius 1 is 0.294 bits per heavy atom. The predicted octanol–water partition coefficient (Wildman–Crippen LogP) is 22.0. The third-order valence-electron chi connectivity index (χ3n) is 14.9. The van der Waals surface area contributed by atoms with Gasteiger partial charge in [0.05, 0.1) is 32.8 Å². The second kappa shape index (κ2) is 73.5. The van der Waals surface area contributed by atoms with Gasteiger partial charge in [-0.15, -0.1) is 0 Å². The monoisotopic (exact) mass is 1460 g/mol. The molecule has 0 rings (SSSR count). The zero-order valence-corrected chi connectivity index (χ0v) is 64.5. The van der Waals surface area contributed by atoms with Crippen LogP contribution in [0.25, 0.3) is 0 Å². The number of aliphatic hydroxyl groups excluding tert-OH is 1. The molecule has 0 radical (unpaired) electrons. The van der Waals surface area contributed by atoms with Crippen molar-refractivity contribution in [2.75, 3.05) is 39.6 Å². The van der Waals surface area contributed by atoms with Crippen molar-refractivity contribution in [2.24, 2.45) is 0 Å². The van der Waals surface area contributed by atoms with Crippen LogP contribution in [0.4, 0.5) is 0 Å². The Bertz CT molecular complexity index is 2650. The lowest BCUT2D eigenvalue weighted by Gasteiger charge is -2.21. The number of unbranched alkanes of at least 4 members (excludes halogenated alkanes) is 14. The minimum absolute atomic E-state index is 0.0601. The van der Waals surface area contributed by atoms with Gasteiger partial charge in [-0.3, -0.25) is 37.3 Å². The summed E-state index contributed by atoms with van der Waals surface area (Å²) in [5.41, 5.74) is 0. The highest BCUT2D eigenvalue weighted by Gasteiger charge is 2.30. The van der Waals surface area contributed by atoms with E-state index in [4.69, 9.17) is 37.0 Å². The lowest BCUT2D eigenvalue weighted by molar-refractivity contribution is -0.161. The summed E-state index contributed by atoms with van der Waals surface area (Å²) in [6.45, 7) is 4.23. The van der Waals surface area contributed by atoms with Crippen molar-refractivity contribution in [1.82, 2.24) is 0 Å². The van der Waals surface area contributed by atoms with Gasteiger partial charge in [-0.2, -0.15) is 0 Å². The number of hydrogen-bond acceptors (Lipinski definition) is 15. The molecule has 0 aromatic rings. The molecule has 0 aliphatic heterocycles. The van der Waals surface area contributed by atoms with E-state index in [1.807, 2.05) is 12.2 Å². The number of esters is 4. The molecule has 5 atom stereocenters. The summed E-state index contributed by atoms with van der Waals surface area (Å²) in [5.74, 6) is -2.42. The van der Waals surface area contributed by atoms with Crippen LogP contribution in [0.3, 0.4) is 0 Å². The molecule has 0 heterocycles. The van der Waals surface area contributed by atoms with Crippen molar-refractivity contribution in [1.29, 1.82) is 0 Å². The van der Waals surface area contributed by atoms with E-state index in [1.54, 1.807) is 12.2 Å². The van der Waals surface area contributed by atoms with Crippen LogP contribution >= 0.6 is 15.6 Å². The molecule has 0 fully saturated rings. The second-order valence-electron chi connectivity index (χ2n) is 24.5. The van der Waals surface area contributed by atoms with Crippen LogP contribution in [-0.2, 0) is 65.4 Å². The average molecular weight is 1460 g/mol. The number of aliphatic hydroxyl groups is 1. The van der Waals surface area contributed by atoms with Crippen LogP contribution in [0, 0.1) is 0 Å². The number of hydrogen-bond donors (Lipinski definition) is 3. The Labute approximate surface area is 615 Å². The highest BCUT2D eigenvalue weighted by molar-refractivity contribution is 7.47. The topological polar surface area (TPSA) is 237 Å². The van der Waals surface area contributed by atoms with E-state index < -0.39 is 97.5 Å². The van der Waals surface area contributed by atoms with Gasteiger partial charge in [0.2, 0.25) is 0 Å². The maximum atomic E-state index is 13.1. The molecule has 0 aromatic heterocycles. The van der Waals surface area contributed by atoms with E-state index in [0.29, 0.717) is 25.7 Å². The van der Waals surface area contributed by atoms with Gasteiger partial charge >= 0.3 is 39.5 Å². The fraction of sp³-hybridized carbons (Fsp3) is 0.590. The van der Waals surface area contributed by atoms with E-state index in [9.17, 15) is 43.2 Å². The van der Waals surface area contributed by atoms with Gasteiger partial charge in [-0.25, -0.2) is 9.13 Å². The fourth-order valence-electron chi connectivity index (χ4n) is 9.20. The van der Waals surface area contributed by atoms with Gasteiger partial charge in [0.15, 0.2) is 12.2 Å². The smallest absolute Gasteiger partial charge is 0.462 e. The Morgan fingerprint density at radius 3 is 0.892 bits per heavy atom. The van der Waals surface area contributed by atoms with E-state index in [0.717, 1.165) is 180 Å². The largest absolute Gasteiger partial charge is 0.472 e. The van der Waals surface area contributed by atoms with Crippen LogP contribution in [0.1, 0.15) is 259 Å². The number of carbonyl (C=O) groups is 4. The lowest BCUT2D eigenvalue weighted by atomic mass is 10.1. The molecule has 0 aromatic carbocycles. The van der Waals surface area contributed by atoms with Crippen LogP contribution in [0.15, 0.2) is 182 Å². The standard InChI is InChI=1S/C83H132O17P2/c1-5-9-13-17-21-25-29-33-36-37-38-39-42-45-48-52-56-60-64-68-81(86)94-74-79(100-83(88)70-66-62-58-54-50-46-41-35-31-27-23-19-15-11-7-3)76-98-102(91,92)96-72-77(84)71-95-101(89,90)97-75-78(99-82(87)69-65-61-57-53-49-43-32-28-24-20-16-12-8-4)73-93-80(85)67-63-59-55-51-47-44-40-34-30-26-22-18-14-10-6-2/h9-11,13-16,20-23,25-28,32-36,38-41,47,50-51,54,62,66,77-79,84H,5-8,12,17-19,24,29-31,37,42-46,48-49,52-53,55-61,63-65,67-76H2,1-4H3,(H,89,90)(H,91,92)/b13-9-,14-10-,15-11-,20-16-,25-21-,26-22-,27-23-,32-28-,36-33-,39-38-,40-34-,41-35-,51-47-,54-50-,66-62-. The highest BCUT2D eigenvalue weighted by atomic mass is 31.2. The van der Waals surface area contributed by atoms with Gasteiger partial charge in [0, 0.05) is 19.3 Å². The van der Waals surface area contributed by atoms with Gasteiger partial charge in [-0.1, -0.05) is 261 Å². The van der Waals surface area contributed by atoms with E-state index in [2.05, 4.69) is 186 Å². The Hall–Kier alpha value is -5.84. The van der Waals surface area contributed by atoms with Gasteiger partial charge in [0.25, 0.3) is 0 Å². The molecule has 0 saturated heterocycles. The third kappa shape index (κ3) is 72.5. The van der Waals surface area contributed by atoms with Crippen LogP contribution in [0.2, 0.25) is 0 Å². The first kappa shape index (κ1) is 96.2. The summed E-state index contributed by atoms with van der Waals surface area (Å²) >= 11 is 0. The van der Waals surface area contributed by atoms with Crippen molar-refractivity contribution in [2.45, 2.75) is 277 Å². The van der Waals surface area contributed by atoms with Gasteiger partial charge in [-0.05, 0) is 154 Å². The van der Waals surface area contributed by atoms with Crippen molar-refractivity contribution < 1.29 is 80.2 Å². The molecule has 0 aliphatic carbocycles. The molecular weight excluding hydrogens is 1330 g/mol. The van der Waals surface area contributed by atoms with Crippen LogP contribution in [0.5, 0.6) is 0 Å². The Morgan fingerprint density at radius 2 is 0.549 bits per heavy atom. The Kier molecular flexibility index (Phi) is 69.3. The average Bonchev–Trinajstić information content (AvgIpc) is 0.907. The summed E-state index contributed by atoms with van der Waals surface area (Å²) < 4.78 is 68.3. The number of carbonyl (C=O) groups excluding carboxylic acids is 4. The zero-order valence-electron chi connectivity index (χ0n) is 62.7. The zero-order chi connectivity index (χ0) is 74.6. The molecule has 102 heavy (non-hydrogen) atoms. The number of allylic oxidation sites excluding steroid dienone is 29. The Balaban J connectivity index is 5.48. The number of rotatable bonds is 69. The first-order chi connectivity index (χ1) is 49.7. The minimum Gasteiger partial charge on any atom is -0.462 e. The summed E-state index contributed by atoms with van der Waals surface area (Å²) in [5, 5.41) is 10.6. The highest BCUT2D eigenvalue weighted by Crippen LogP contribution is 2.45. The van der Waals surface area contributed by atoms with Crippen molar-refractivity contribution >= 4 is 39.5 Å². The molecule has 19 heteroatoms. The first-order valence-corrected chi connectivity index (χ1v) is 41.0. The second-order valence-corrected chi connectivity index (χ2v) is 27.4.